The van der Waals surface area contributed by atoms with Gasteiger partial charge in [0.05, 0.1) is 12.8 Å². The molecule has 3 heteroatoms. The Morgan fingerprint density at radius 1 is 1.17 bits per heavy atom. The van der Waals surface area contributed by atoms with E-state index in [-0.39, 0.29) is 0 Å². The van der Waals surface area contributed by atoms with Crippen molar-refractivity contribution in [1.82, 2.24) is 4.98 Å². The zero-order valence-corrected chi connectivity index (χ0v) is 10.3. The minimum atomic E-state index is 0.513. The summed E-state index contributed by atoms with van der Waals surface area (Å²) in [6.07, 6.45) is 2.12. The molecule has 0 aliphatic rings. The first-order chi connectivity index (χ1) is 8.83. The van der Waals surface area contributed by atoms with Gasteiger partial charge in [-0.15, -0.1) is 0 Å². The molecule has 1 aromatic heterocycles. The van der Waals surface area contributed by atoms with Crippen LogP contribution in [-0.2, 0) is 11.2 Å². The summed E-state index contributed by atoms with van der Waals surface area (Å²) >= 11 is 0. The van der Waals surface area contributed by atoms with Crippen LogP contribution in [0.2, 0.25) is 0 Å². The number of nitrogens with zero attached hydrogens (tertiary/aromatic N) is 1. The lowest BCUT2D eigenvalue weighted by atomic mass is 10.1. The van der Waals surface area contributed by atoms with E-state index in [0.29, 0.717) is 12.8 Å². The van der Waals surface area contributed by atoms with Crippen molar-refractivity contribution in [2.24, 2.45) is 0 Å². The molecule has 2 aromatic rings. The lowest BCUT2D eigenvalue weighted by Crippen LogP contribution is -1.93. The number of hydrogen-bond donors (Lipinski definition) is 0. The smallest absolute Gasteiger partial charge is 0.120 e. The number of aldehydes is 1. The van der Waals surface area contributed by atoms with Crippen molar-refractivity contribution in [3.8, 4) is 17.0 Å². The van der Waals surface area contributed by atoms with Gasteiger partial charge in [0, 0.05) is 17.7 Å². The highest BCUT2D eigenvalue weighted by molar-refractivity contribution is 5.60. The number of carbonyl (C=O) groups excluding carboxylic acids is 1. The van der Waals surface area contributed by atoms with Gasteiger partial charge in [0.25, 0.3) is 0 Å². The van der Waals surface area contributed by atoms with E-state index in [4.69, 9.17) is 4.74 Å². The minimum Gasteiger partial charge on any atom is -0.497 e. The molecule has 0 aliphatic heterocycles. The maximum absolute atomic E-state index is 10.4. The van der Waals surface area contributed by atoms with E-state index in [1.54, 1.807) is 7.11 Å². The first kappa shape index (κ1) is 12.3. The Kier molecular flexibility index (Phi) is 4.07. The molecule has 0 amide bonds. The van der Waals surface area contributed by atoms with Crippen LogP contribution >= 0.6 is 0 Å². The van der Waals surface area contributed by atoms with E-state index < -0.39 is 0 Å². The van der Waals surface area contributed by atoms with Gasteiger partial charge < -0.3 is 9.53 Å². The fourth-order valence-electron chi connectivity index (χ4n) is 1.75. The Morgan fingerprint density at radius 3 is 2.61 bits per heavy atom. The van der Waals surface area contributed by atoms with Crippen LogP contribution in [0.4, 0.5) is 0 Å². The summed E-state index contributed by atoms with van der Waals surface area (Å²) in [7, 11) is 1.65. The molecule has 0 saturated carbocycles. The van der Waals surface area contributed by atoms with Gasteiger partial charge in [0.15, 0.2) is 0 Å². The fourth-order valence-corrected chi connectivity index (χ4v) is 1.75. The third-order valence-electron chi connectivity index (χ3n) is 2.71. The Labute approximate surface area is 106 Å². The third kappa shape index (κ3) is 2.94. The van der Waals surface area contributed by atoms with Gasteiger partial charge in [0.2, 0.25) is 0 Å². The van der Waals surface area contributed by atoms with Gasteiger partial charge in [-0.05, 0) is 42.8 Å². The van der Waals surface area contributed by atoms with Gasteiger partial charge in [0.1, 0.15) is 12.0 Å². The van der Waals surface area contributed by atoms with Crippen molar-refractivity contribution in [2.45, 2.75) is 12.8 Å². The van der Waals surface area contributed by atoms with Crippen molar-refractivity contribution in [3.05, 3.63) is 48.2 Å². The molecule has 18 heavy (non-hydrogen) atoms. The van der Waals surface area contributed by atoms with Gasteiger partial charge in [-0.2, -0.15) is 0 Å². The average Bonchev–Trinajstić information content (AvgIpc) is 2.45. The molecule has 0 spiro atoms. The topological polar surface area (TPSA) is 39.2 Å². The summed E-state index contributed by atoms with van der Waals surface area (Å²) in [6.45, 7) is 0. The molecule has 1 heterocycles. The SMILES string of the molecule is COc1ccc(-c2cccc(CCC=O)n2)cc1. The van der Waals surface area contributed by atoms with E-state index in [9.17, 15) is 4.79 Å². The largest absolute Gasteiger partial charge is 0.497 e. The standard InChI is InChI=1S/C15H15NO2/c1-18-14-9-7-12(8-10-14)15-6-2-4-13(16-15)5-3-11-17/h2,4,6-11H,3,5H2,1H3. The van der Waals surface area contributed by atoms with E-state index in [0.717, 1.165) is 29.0 Å². The molecule has 3 nitrogen and oxygen atoms in total. The zero-order chi connectivity index (χ0) is 12.8. The number of pyridine rings is 1. The number of aromatic nitrogens is 1. The van der Waals surface area contributed by atoms with E-state index in [1.165, 1.54) is 0 Å². The second-order valence-corrected chi connectivity index (χ2v) is 3.95. The molecule has 0 unspecified atom stereocenters. The maximum Gasteiger partial charge on any atom is 0.120 e. The minimum absolute atomic E-state index is 0.513. The van der Waals surface area contributed by atoms with Crippen molar-refractivity contribution in [1.29, 1.82) is 0 Å². The molecule has 0 saturated heterocycles. The monoisotopic (exact) mass is 241 g/mol. The lowest BCUT2D eigenvalue weighted by molar-refractivity contribution is -0.107. The van der Waals surface area contributed by atoms with Gasteiger partial charge >= 0.3 is 0 Å². The maximum atomic E-state index is 10.4. The van der Waals surface area contributed by atoms with E-state index in [1.807, 2.05) is 42.5 Å². The Hall–Kier alpha value is -2.16. The third-order valence-corrected chi connectivity index (χ3v) is 2.71. The van der Waals surface area contributed by atoms with E-state index >= 15 is 0 Å². The summed E-state index contributed by atoms with van der Waals surface area (Å²) in [6, 6.07) is 13.6. The predicted octanol–water partition coefficient (Wildman–Crippen LogP) is 2.89. The molecule has 2 rings (SSSR count). The molecule has 0 radical (unpaired) electrons. The normalized spacial score (nSPS) is 10.1. The molecule has 0 aliphatic carbocycles. The number of rotatable bonds is 5. The Morgan fingerprint density at radius 2 is 1.94 bits per heavy atom. The second kappa shape index (κ2) is 5.96. The number of ether oxygens (including phenoxy) is 1. The van der Waals surface area contributed by atoms with Crippen LogP contribution in [0.1, 0.15) is 12.1 Å². The molecule has 0 N–H and O–H groups in total. The van der Waals surface area contributed by atoms with Crippen molar-refractivity contribution in [2.75, 3.05) is 7.11 Å². The number of hydrogen-bond acceptors (Lipinski definition) is 3. The van der Waals surface area contributed by atoms with Gasteiger partial charge in [-0.1, -0.05) is 6.07 Å². The van der Waals surface area contributed by atoms with Gasteiger partial charge in [-0.3, -0.25) is 4.98 Å². The molecule has 0 bridgehead atoms. The van der Waals surface area contributed by atoms with Crippen LogP contribution in [-0.4, -0.2) is 18.4 Å². The Balaban J connectivity index is 2.23. The Bertz CT molecular complexity index is 520. The summed E-state index contributed by atoms with van der Waals surface area (Å²) in [4.78, 5) is 14.9. The lowest BCUT2D eigenvalue weighted by Gasteiger charge is -2.05. The number of aryl methyl sites for hydroxylation is 1. The quantitative estimate of drug-likeness (QED) is 0.755. The highest BCUT2D eigenvalue weighted by Crippen LogP contribution is 2.20. The van der Waals surface area contributed by atoms with Crippen LogP contribution < -0.4 is 4.74 Å². The number of methoxy groups -OCH3 is 1. The van der Waals surface area contributed by atoms with Crippen molar-refractivity contribution < 1.29 is 9.53 Å². The molecular formula is C15H15NO2. The van der Waals surface area contributed by atoms with Gasteiger partial charge in [-0.25, -0.2) is 0 Å². The summed E-state index contributed by atoms with van der Waals surface area (Å²) in [5.41, 5.74) is 2.90. The highest BCUT2D eigenvalue weighted by atomic mass is 16.5. The predicted molar refractivity (Wildman–Crippen MR) is 70.6 cm³/mol. The van der Waals surface area contributed by atoms with Crippen molar-refractivity contribution >= 4 is 6.29 Å². The number of benzene rings is 1. The van der Waals surface area contributed by atoms with Crippen LogP contribution in [0.15, 0.2) is 42.5 Å². The summed E-state index contributed by atoms with van der Waals surface area (Å²) in [5, 5.41) is 0. The number of carbonyl (C=O) groups is 1. The van der Waals surface area contributed by atoms with Crippen LogP contribution in [0, 0.1) is 0 Å². The molecule has 0 atom stereocenters. The average molecular weight is 241 g/mol. The van der Waals surface area contributed by atoms with Crippen molar-refractivity contribution in [3.63, 3.8) is 0 Å². The first-order valence-electron chi connectivity index (χ1n) is 5.87. The van der Waals surface area contributed by atoms with Crippen LogP contribution in [0.3, 0.4) is 0 Å². The molecule has 1 aromatic carbocycles. The van der Waals surface area contributed by atoms with Crippen LogP contribution in [0.25, 0.3) is 11.3 Å². The fraction of sp³-hybridized carbons (Fsp3) is 0.200. The summed E-state index contributed by atoms with van der Waals surface area (Å²) in [5.74, 6) is 0.829. The van der Waals surface area contributed by atoms with E-state index in [2.05, 4.69) is 4.98 Å². The zero-order valence-electron chi connectivity index (χ0n) is 10.3. The van der Waals surface area contributed by atoms with Crippen LogP contribution in [0.5, 0.6) is 5.75 Å². The highest BCUT2D eigenvalue weighted by Gasteiger charge is 2.01. The molecular weight excluding hydrogens is 226 g/mol. The summed E-state index contributed by atoms with van der Waals surface area (Å²) < 4.78 is 5.12. The first-order valence-corrected chi connectivity index (χ1v) is 5.87. The second-order valence-electron chi connectivity index (χ2n) is 3.95. The molecule has 0 fully saturated rings. The molecule has 92 valence electrons.